The summed E-state index contributed by atoms with van der Waals surface area (Å²) in [6.07, 6.45) is 7.88. The van der Waals surface area contributed by atoms with Gasteiger partial charge in [-0.2, -0.15) is 0 Å². The molecule has 0 aliphatic carbocycles. The molecule has 0 aromatic carbocycles. The predicted molar refractivity (Wildman–Crippen MR) is 96.3 cm³/mol. The maximum Gasteiger partial charge on any atom is 0.134 e. The van der Waals surface area contributed by atoms with Crippen molar-refractivity contribution < 1.29 is 0 Å². The van der Waals surface area contributed by atoms with Crippen molar-refractivity contribution >= 4 is 11.6 Å². The van der Waals surface area contributed by atoms with E-state index in [9.17, 15) is 0 Å². The molecule has 0 radical (unpaired) electrons. The van der Waals surface area contributed by atoms with Crippen LogP contribution in [0.25, 0.3) is 0 Å². The van der Waals surface area contributed by atoms with Crippen LogP contribution in [0, 0.1) is 0 Å². The first-order valence-electron chi connectivity index (χ1n) is 8.44. The van der Waals surface area contributed by atoms with E-state index >= 15 is 0 Å². The highest BCUT2D eigenvalue weighted by atomic mass is 15.3. The third-order valence-electron chi connectivity index (χ3n) is 4.79. The number of imidazole rings is 1. The molecule has 1 unspecified atom stereocenters. The molecule has 1 atom stereocenters. The molecule has 3 heterocycles. The SMILES string of the molecule is CN(C)c1cc(N(C)C2CCCN(Cc3cncn3C)C2)ncn1. The number of likely N-dealkylation sites (N-methyl/N-ethyl adjacent to an activating group) is 1. The molecular formula is C17H27N7. The van der Waals surface area contributed by atoms with Gasteiger partial charge in [0.2, 0.25) is 0 Å². The number of hydrogen-bond acceptors (Lipinski definition) is 6. The molecule has 0 spiro atoms. The Bertz CT molecular complexity index is 666. The second-order valence-corrected chi connectivity index (χ2v) is 6.77. The lowest BCUT2D eigenvalue weighted by Gasteiger charge is -2.38. The van der Waals surface area contributed by atoms with E-state index in [4.69, 9.17) is 0 Å². The van der Waals surface area contributed by atoms with Crippen molar-refractivity contribution in [2.75, 3.05) is 44.0 Å². The number of piperidine rings is 1. The Kier molecular flexibility index (Phi) is 4.99. The molecule has 2 aromatic heterocycles. The van der Waals surface area contributed by atoms with E-state index in [2.05, 4.69) is 49.5 Å². The number of hydrogen-bond donors (Lipinski definition) is 0. The Morgan fingerprint density at radius 3 is 2.71 bits per heavy atom. The summed E-state index contributed by atoms with van der Waals surface area (Å²) in [6, 6.07) is 2.52. The van der Waals surface area contributed by atoms with Crippen LogP contribution in [0.5, 0.6) is 0 Å². The van der Waals surface area contributed by atoms with Crippen LogP contribution in [0.15, 0.2) is 24.9 Å². The molecule has 1 fully saturated rings. The van der Waals surface area contributed by atoms with E-state index in [1.165, 1.54) is 18.5 Å². The highest BCUT2D eigenvalue weighted by Gasteiger charge is 2.25. The Labute approximate surface area is 143 Å². The van der Waals surface area contributed by atoms with Gasteiger partial charge >= 0.3 is 0 Å². The fraction of sp³-hybridized carbons (Fsp3) is 0.588. The summed E-state index contributed by atoms with van der Waals surface area (Å²) in [5.74, 6) is 1.93. The largest absolute Gasteiger partial charge is 0.363 e. The van der Waals surface area contributed by atoms with Gasteiger partial charge in [0.05, 0.1) is 12.0 Å². The van der Waals surface area contributed by atoms with Crippen LogP contribution in [-0.4, -0.2) is 64.7 Å². The summed E-state index contributed by atoms with van der Waals surface area (Å²) < 4.78 is 2.10. The highest BCUT2D eigenvalue weighted by molar-refractivity contribution is 5.49. The first-order chi connectivity index (χ1) is 11.5. The molecule has 130 valence electrons. The molecule has 0 saturated carbocycles. The van der Waals surface area contributed by atoms with Crippen LogP contribution in [-0.2, 0) is 13.6 Å². The second-order valence-electron chi connectivity index (χ2n) is 6.77. The fourth-order valence-electron chi connectivity index (χ4n) is 3.22. The van der Waals surface area contributed by atoms with Gasteiger partial charge < -0.3 is 14.4 Å². The summed E-state index contributed by atoms with van der Waals surface area (Å²) in [5.41, 5.74) is 1.26. The monoisotopic (exact) mass is 329 g/mol. The summed E-state index contributed by atoms with van der Waals surface area (Å²) >= 11 is 0. The van der Waals surface area contributed by atoms with E-state index < -0.39 is 0 Å². The minimum Gasteiger partial charge on any atom is -0.363 e. The topological polar surface area (TPSA) is 53.3 Å². The van der Waals surface area contributed by atoms with E-state index in [1.54, 1.807) is 6.33 Å². The number of aryl methyl sites for hydroxylation is 1. The van der Waals surface area contributed by atoms with Gasteiger partial charge in [-0.05, 0) is 19.4 Å². The maximum atomic E-state index is 4.47. The smallest absolute Gasteiger partial charge is 0.134 e. The number of nitrogens with zero attached hydrogens (tertiary/aromatic N) is 7. The molecule has 3 rings (SSSR count). The number of anilines is 2. The zero-order valence-electron chi connectivity index (χ0n) is 15.1. The van der Waals surface area contributed by atoms with Gasteiger partial charge in [0, 0.05) is 59.6 Å². The Hall–Kier alpha value is -2.15. The average Bonchev–Trinajstić information content (AvgIpc) is 2.99. The first-order valence-corrected chi connectivity index (χ1v) is 8.44. The lowest BCUT2D eigenvalue weighted by Crippen LogP contribution is -2.46. The van der Waals surface area contributed by atoms with Gasteiger partial charge in [-0.1, -0.05) is 0 Å². The summed E-state index contributed by atoms with van der Waals surface area (Å²) in [6.45, 7) is 3.14. The third-order valence-corrected chi connectivity index (χ3v) is 4.79. The van der Waals surface area contributed by atoms with E-state index in [0.29, 0.717) is 6.04 Å². The predicted octanol–water partition coefficient (Wildman–Crippen LogP) is 1.38. The summed E-state index contributed by atoms with van der Waals surface area (Å²) in [7, 11) is 8.20. The van der Waals surface area contributed by atoms with Crippen LogP contribution in [0.3, 0.4) is 0 Å². The molecule has 1 aliphatic heterocycles. The van der Waals surface area contributed by atoms with Crippen molar-refractivity contribution in [2.24, 2.45) is 7.05 Å². The minimum atomic E-state index is 0.469. The Balaban J connectivity index is 1.67. The van der Waals surface area contributed by atoms with Crippen molar-refractivity contribution in [3.8, 4) is 0 Å². The van der Waals surface area contributed by atoms with Crippen LogP contribution in [0.2, 0.25) is 0 Å². The summed E-state index contributed by atoms with van der Waals surface area (Å²) in [5, 5.41) is 0. The van der Waals surface area contributed by atoms with Crippen molar-refractivity contribution in [3.63, 3.8) is 0 Å². The standard InChI is InChI=1S/C17H27N7/c1-21(2)16-8-17(20-12-19-16)23(4)14-6-5-7-24(10-14)11-15-9-18-13-22(15)3/h8-9,12-14H,5-7,10-11H2,1-4H3. The molecule has 7 heteroatoms. The fourth-order valence-corrected chi connectivity index (χ4v) is 3.22. The molecular weight excluding hydrogens is 302 g/mol. The van der Waals surface area contributed by atoms with Crippen molar-refractivity contribution in [1.29, 1.82) is 0 Å². The molecule has 24 heavy (non-hydrogen) atoms. The minimum absolute atomic E-state index is 0.469. The van der Waals surface area contributed by atoms with Crippen LogP contribution in [0.1, 0.15) is 18.5 Å². The van der Waals surface area contributed by atoms with E-state index in [0.717, 1.165) is 31.3 Å². The average molecular weight is 329 g/mol. The van der Waals surface area contributed by atoms with Gasteiger partial charge in [-0.15, -0.1) is 0 Å². The van der Waals surface area contributed by atoms with E-state index in [1.807, 2.05) is 31.5 Å². The Morgan fingerprint density at radius 2 is 2.00 bits per heavy atom. The van der Waals surface area contributed by atoms with Crippen molar-refractivity contribution in [3.05, 3.63) is 30.6 Å². The van der Waals surface area contributed by atoms with Crippen LogP contribution in [0.4, 0.5) is 11.6 Å². The third kappa shape index (κ3) is 3.67. The zero-order valence-corrected chi connectivity index (χ0v) is 15.1. The van der Waals surface area contributed by atoms with Crippen LogP contribution < -0.4 is 9.80 Å². The first kappa shape index (κ1) is 16.7. The molecule has 1 saturated heterocycles. The lowest BCUT2D eigenvalue weighted by atomic mass is 10.0. The normalized spacial score (nSPS) is 18.6. The molecule has 0 bridgehead atoms. The molecule has 1 aliphatic rings. The molecule has 7 nitrogen and oxygen atoms in total. The summed E-state index contributed by atoms with van der Waals surface area (Å²) in [4.78, 5) is 19.8. The van der Waals surface area contributed by atoms with Crippen LogP contribution >= 0.6 is 0 Å². The molecule has 0 N–H and O–H groups in total. The number of likely N-dealkylation sites (tertiary alicyclic amines) is 1. The van der Waals surface area contributed by atoms with E-state index in [-0.39, 0.29) is 0 Å². The van der Waals surface area contributed by atoms with Gasteiger partial charge in [0.25, 0.3) is 0 Å². The van der Waals surface area contributed by atoms with Crippen molar-refractivity contribution in [1.82, 2.24) is 24.4 Å². The second kappa shape index (κ2) is 7.17. The quantitative estimate of drug-likeness (QED) is 0.826. The zero-order chi connectivity index (χ0) is 17.1. The molecule has 2 aromatic rings. The van der Waals surface area contributed by atoms with Gasteiger partial charge in [0.1, 0.15) is 18.0 Å². The van der Waals surface area contributed by atoms with Gasteiger partial charge in [-0.3, -0.25) is 4.90 Å². The van der Waals surface area contributed by atoms with Gasteiger partial charge in [-0.25, -0.2) is 15.0 Å². The maximum absolute atomic E-state index is 4.47. The number of rotatable bonds is 5. The van der Waals surface area contributed by atoms with Gasteiger partial charge in [0.15, 0.2) is 0 Å². The van der Waals surface area contributed by atoms with Crippen molar-refractivity contribution in [2.45, 2.75) is 25.4 Å². The Morgan fingerprint density at radius 1 is 1.21 bits per heavy atom. The number of aromatic nitrogens is 4. The highest BCUT2D eigenvalue weighted by Crippen LogP contribution is 2.22. The lowest BCUT2D eigenvalue weighted by molar-refractivity contribution is 0.195. The molecule has 0 amide bonds.